The first-order valence-corrected chi connectivity index (χ1v) is 7.44. The molecule has 2 aliphatic rings. The summed E-state index contributed by atoms with van der Waals surface area (Å²) in [5, 5.41) is 3.22. The summed E-state index contributed by atoms with van der Waals surface area (Å²) in [7, 11) is 1.80. The van der Waals surface area contributed by atoms with E-state index < -0.39 is 0 Å². The van der Waals surface area contributed by atoms with Crippen LogP contribution in [0.15, 0.2) is 10.9 Å². The maximum absolute atomic E-state index is 12.2. The molecule has 2 heterocycles. The fourth-order valence-electron chi connectivity index (χ4n) is 2.51. The molecule has 0 unspecified atom stereocenters. The molecule has 1 saturated heterocycles. The van der Waals surface area contributed by atoms with Crippen molar-refractivity contribution >= 4 is 11.7 Å². The molecule has 7 nitrogen and oxygen atoms in total. The Bertz CT molecular complexity index is 575. The molecular weight excluding hydrogens is 270 g/mol. The van der Waals surface area contributed by atoms with Crippen molar-refractivity contribution in [2.45, 2.75) is 18.8 Å². The van der Waals surface area contributed by atoms with Crippen LogP contribution in [0.3, 0.4) is 0 Å². The Morgan fingerprint density at radius 1 is 1.43 bits per heavy atom. The predicted octanol–water partition coefficient (Wildman–Crippen LogP) is -0.485. The van der Waals surface area contributed by atoms with Gasteiger partial charge >= 0.3 is 0 Å². The van der Waals surface area contributed by atoms with Gasteiger partial charge in [0.15, 0.2) is 0 Å². The van der Waals surface area contributed by atoms with Crippen molar-refractivity contribution in [2.24, 2.45) is 0 Å². The molecule has 114 valence electrons. The molecule has 0 spiro atoms. The van der Waals surface area contributed by atoms with Crippen molar-refractivity contribution in [1.82, 2.24) is 20.2 Å². The van der Waals surface area contributed by atoms with Gasteiger partial charge in [0.1, 0.15) is 11.6 Å². The normalized spacial score (nSPS) is 18.6. The molecule has 3 rings (SSSR count). The second-order valence-electron chi connectivity index (χ2n) is 5.75. The van der Waals surface area contributed by atoms with Crippen LogP contribution < -0.4 is 15.8 Å². The minimum absolute atomic E-state index is 0.0778. The van der Waals surface area contributed by atoms with Crippen LogP contribution in [0.1, 0.15) is 24.6 Å². The van der Waals surface area contributed by atoms with Crippen LogP contribution in [0.25, 0.3) is 0 Å². The van der Waals surface area contributed by atoms with E-state index in [2.05, 4.69) is 15.3 Å². The molecule has 7 heteroatoms. The molecule has 1 amide bonds. The van der Waals surface area contributed by atoms with E-state index in [4.69, 9.17) is 0 Å². The molecule has 1 aliphatic carbocycles. The summed E-state index contributed by atoms with van der Waals surface area (Å²) >= 11 is 0. The number of aromatic amines is 1. The molecule has 0 radical (unpaired) electrons. The van der Waals surface area contributed by atoms with Gasteiger partial charge in [0.25, 0.3) is 5.56 Å². The molecule has 1 aromatic rings. The van der Waals surface area contributed by atoms with Crippen LogP contribution in [0.2, 0.25) is 0 Å². The number of nitrogens with one attached hydrogen (secondary N) is 2. The Balaban J connectivity index is 1.68. The van der Waals surface area contributed by atoms with Crippen molar-refractivity contribution in [1.29, 1.82) is 0 Å². The highest BCUT2D eigenvalue weighted by atomic mass is 16.2. The summed E-state index contributed by atoms with van der Waals surface area (Å²) in [6.07, 6.45) is 2.16. The quantitative estimate of drug-likeness (QED) is 0.783. The summed E-state index contributed by atoms with van der Waals surface area (Å²) in [4.78, 5) is 34.8. The van der Waals surface area contributed by atoms with Crippen molar-refractivity contribution in [3.05, 3.63) is 22.2 Å². The summed E-state index contributed by atoms with van der Waals surface area (Å²) in [5.41, 5.74) is -0.150. The first-order chi connectivity index (χ1) is 10.1. The molecule has 1 aromatic heterocycles. The number of aromatic nitrogens is 2. The monoisotopic (exact) mass is 291 g/mol. The van der Waals surface area contributed by atoms with Crippen LogP contribution in [0.5, 0.6) is 0 Å². The lowest BCUT2D eigenvalue weighted by molar-refractivity contribution is -0.130. The molecule has 1 saturated carbocycles. The van der Waals surface area contributed by atoms with Gasteiger partial charge in [0.05, 0.1) is 6.54 Å². The number of hydrogen-bond donors (Lipinski definition) is 2. The van der Waals surface area contributed by atoms with Gasteiger partial charge < -0.3 is 20.1 Å². The number of H-pyrrole nitrogens is 1. The number of carbonyl (C=O) groups is 1. The highest BCUT2D eigenvalue weighted by Crippen LogP contribution is 2.37. The molecular formula is C14H21N5O2. The number of nitrogens with zero attached hydrogens (tertiary/aromatic N) is 3. The summed E-state index contributed by atoms with van der Waals surface area (Å²) in [6.45, 7) is 3.40. The predicted molar refractivity (Wildman–Crippen MR) is 79.6 cm³/mol. The van der Waals surface area contributed by atoms with Gasteiger partial charge in [-0.2, -0.15) is 0 Å². The molecule has 0 bridgehead atoms. The Hall–Kier alpha value is -1.89. The van der Waals surface area contributed by atoms with E-state index in [-0.39, 0.29) is 18.0 Å². The van der Waals surface area contributed by atoms with Crippen LogP contribution >= 0.6 is 0 Å². The van der Waals surface area contributed by atoms with Gasteiger partial charge in [0.2, 0.25) is 5.91 Å². The molecule has 0 aromatic carbocycles. The zero-order chi connectivity index (χ0) is 14.8. The Morgan fingerprint density at radius 2 is 2.14 bits per heavy atom. The highest BCUT2D eigenvalue weighted by Gasteiger charge is 2.27. The maximum atomic E-state index is 12.2. The standard InChI is InChI=1S/C14H21N5O2/c1-18(9-13(21)19-6-4-15-5-7-19)11-8-12(20)17-14(16-11)10-2-3-10/h8,10,15H,2-7,9H2,1H3,(H,16,17,20). The van der Waals surface area contributed by atoms with Gasteiger partial charge in [0, 0.05) is 45.2 Å². The lowest BCUT2D eigenvalue weighted by atomic mass is 10.3. The van der Waals surface area contributed by atoms with Gasteiger partial charge in [-0.3, -0.25) is 9.59 Å². The highest BCUT2D eigenvalue weighted by molar-refractivity contribution is 5.81. The van der Waals surface area contributed by atoms with Crippen LogP contribution in [-0.2, 0) is 4.79 Å². The third-order valence-corrected chi connectivity index (χ3v) is 3.94. The third kappa shape index (κ3) is 3.41. The minimum Gasteiger partial charge on any atom is -0.350 e. The summed E-state index contributed by atoms with van der Waals surface area (Å²) in [6, 6.07) is 1.46. The first kappa shape index (κ1) is 14.1. The van der Waals surface area contributed by atoms with Gasteiger partial charge in [-0.25, -0.2) is 4.98 Å². The second kappa shape index (κ2) is 5.85. The number of amides is 1. The number of likely N-dealkylation sites (N-methyl/N-ethyl adjacent to an activating group) is 1. The number of carbonyl (C=O) groups excluding carboxylic acids is 1. The fraction of sp³-hybridized carbons (Fsp3) is 0.643. The van der Waals surface area contributed by atoms with E-state index in [1.165, 1.54) is 6.07 Å². The van der Waals surface area contributed by atoms with Crippen molar-refractivity contribution < 1.29 is 4.79 Å². The lowest BCUT2D eigenvalue weighted by Gasteiger charge is -2.29. The van der Waals surface area contributed by atoms with Crippen molar-refractivity contribution in [3.63, 3.8) is 0 Å². The van der Waals surface area contributed by atoms with Crippen molar-refractivity contribution in [2.75, 3.05) is 44.7 Å². The second-order valence-corrected chi connectivity index (χ2v) is 5.75. The lowest BCUT2D eigenvalue weighted by Crippen LogP contribution is -2.49. The molecule has 0 atom stereocenters. The molecule has 1 aliphatic heterocycles. The van der Waals surface area contributed by atoms with E-state index >= 15 is 0 Å². The zero-order valence-corrected chi connectivity index (χ0v) is 12.3. The number of hydrogen-bond acceptors (Lipinski definition) is 5. The molecule has 21 heavy (non-hydrogen) atoms. The largest absolute Gasteiger partial charge is 0.350 e. The van der Waals surface area contributed by atoms with Gasteiger partial charge in [-0.1, -0.05) is 0 Å². The van der Waals surface area contributed by atoms with Crippen LogP contribution in [0, 0.1) is 0 Å². The molecule has 2 fully saturated rings. The number of rotatable bonds is 4. The average Bonchev–Trinajstić information content (AvgIpc) is 3.32. The Labute approximate surface area is 123 Å². The summed E-state index contributed by atoms with van der Waals surface area (Å²) < 4.78 is 0. The molecule has 2 N–H and O–H groups in total. The smallest absolute Gasteiger partial charge is 0.252 e. The SMILES string of the molecule is CN(CC(=O)N1CCNCC1)c1cc(=O)[nH]c(C2CC2)n1. The van der Waals surface area contributed by atoms with E-state index in [1.54, 1.807) is 11.9 Å². The first-order valence-electron chi connectivity index (χ1n) is 7.44. The Morgan fingerprint density at radius 3 is 2.81 bits per heavy atom. The minimum atomic E-state index is -0.150. The summed E-state index contributed by atoms with van der Waals surface area (Å²) in [5.74, 6) is 1.78. The van der Waals surface area contributed by atoms with Crippen molar-refractivity contribution in [3.8, 4) is 0 Å². The maximum Gasteiger partial charge on any atom is 0.252 e. The van der Waals surface area contributed by atoms with E-state index in [1.807, 2.05) is 4.90 Å². The fourth-order valence-corrected chi connectivity index (χ4v) is 2.51. The van der Waals surface area contributed by atoms with Crippen LogP contribution in [0.4, 0.5) is 5.82 Å². The number of anilines is 1. The van der Waals surface area contributed by atoms with Gasteiger partial charge in [-0.15, -0.1) is 0 Å². The van der Waals surface area contributed by atoms with E-state index in [0.717, 1.165) is 44.8 Å². The van der Waals surface area contributed by atoms with Gasteiger partial charge in [-0.05, 0) is 12.8 Å². The third-order valence-electron chi connectivity index (χ3n) is 3.94. The van der Waals surface area contributed by atoms with E-state index in [9.17, 15) is 9.59 Å². The zero-order valence-electron chi connectivity index (χ0n) is 12.3. The Kier molecular flexibility index (Phi) is 3.92. The van der Waals surface area contributed by atoms with E-state index in [0.29, 0.717) is 11.7 Å². The average molecular weight is 291 g/mol. The van der Waals surface area contributed by atoms with Crippen LogP contribution in [-0.4, -0.2) is 60.5 Å². The topological polar surface area (TPSA) is 81.3 Å². The number of piperazine rings is 1.